The Morgan fingerprint density at radius 3 is 3.29 bits per heavy atom. The van der Waals surface area contributed by atoms with Crippen molar-refractivity contribution in [3.63, 3.8) is 0 Å². The van der Waals surface area contributed by atoms with Crippen LogP contribution >= 0.6 is 0 Å². The SMILES string of the molecule is C=C[C@@H](N)c1cncc2c1NCCO2. The van der Waals surface area contributed by atoms with Gasteiger partial charge < -0.3 is 15.8 Å². The molecular weight excluding hydrogens is 178 g/mol. The summed E-state index contributed by atoms with van der Waals surface area (Å²) in [7, 11) is 0. The van der Waals surface area contributed by atoms with Crippen molar-refractivity contribution in [3.8, 4) is 5.75 Å². The van der Waals surface area contributed by atoms with Crippen molar-refractivity contribution in [2.45, 2.75) is 6.04 Å². The van der Waals surface area contributed by atoms with Gasteiger partial charge in [0.2, 0.25) is 0 Å². The summed E-state index contributed by atoms with van der Waals surface area (Å²) in [4.78, 5) is 4.07. The van der Waals surface area contributed by atoms with Crippen LogP contribution in [0.1, 0.15) is 11.6 Å². The van der Waals surface area contributed by atoms with Gasteiger partial charge in [-0.25, -0.2) is 0 Å². The molecule has 0 radical (unpaired) electrons. The van der Waals surface area contributed by atoms with Gasteiger partial charge in [0.15, 0.2) is 5.75 Å². The second-order valence-corrected chi connectivity index (χ2v) is 3.14. The monoisotopic (exact) mass is 191 g/mol. The van der Waals surface area contributed by atoms with E-state index in [9.17, 15) is 0 Å². The highest BCUT2D eigenvalue weighted by Gasteiger charge is 2.16. The predicted molar refractivity (Wildman–Crippen MR) is 55.3 cm³/mol. The Labute approximate surface area is 82.8 Å². The molecule has 0 bridgehead atoms. The lowest BCUT2D eigenvalue weighted by molar-refractivity contribution is 0.321. The quantitative estimate of drug-likeness (QED) is 0.686. The van der Waals surface area contributed by atoms with E-state index in [4.69, 9.17) is 10.5 Å². The maximum atomic E-state index is 5.86. The first-order valence-electron chi connectivity index (χ1n) is 4.55. The molecule has 2 heterocycles. The van der Waals surface area contributed by atoms with Gasteiger partial charge in [0.1, 0.15) is 6.61 Å². The highest BCUT2D eigenvalue weighted by Crippen LogP contribution is 2.32. The Balaban J connectivity index is 2.44. The lowest BCUT2D eigenvalue weighted by Crippen LogP contribution is -2.21. The van der Waals surface area contributed by atoms with Gasteiger partial charge in [-0.05, 0) is 0 Å². The van der Waals surface area contributed by atoms with Crippen molar-refractivity contribution in [2.24, 2.45) is 5.73 Å². The summed E-state index contributed by atoms with van der Waals surface area (Å²) in [6.07, 6.45) is 5.13. The molecule has 0 spiro atoms. The molecule has 1 aromatic heterocycles. The average molecular weight is 191 g/mol. The van der Waals surface area contributed by atoms with E-state index in [1.54, 1.807) is 18.5 Å². The third kappa shape index (κ3) is 1.44. The minimum atomic E-state index is -0.202. The summed E-state index contributed by atoms with van der Waals surface area (Å²) in [6.45, 7) is 5.13. The summed E-state index contributed by atoms with van der Waals surface area (Å²) >= 11 is 0. The third-order valence-corrected chi connectivity index (χ3v) is 2.21. The molecular formula is C10H13N3O. The molecule has 74 valence electrons. The average Bonchev–Trinajstić information content (AvgIpc) is 2.27. The Kier molecular flexibility index (Phi) is 2.37. The summed E-state index contributed by atoms with van der Waals surface area (Å²) < 4.78 is 5.44. The van der Waals surface area contributed by atoms with Crippen LogP contribution in [0.5, 0.6) is 5.75 Å². The van der Waals surface area contributed by atoms with E-state index in [2.05, 4.69) is 16.9 Å². The van der Waals surface area contributed by atoms with Gasteiger partial charge in [-0.3, -0.25) is 4.98 Å². The molecule has 1 aromatic rings. The van der Waals surface area contributed by atoms with E-state index in [0.717, 1.165) is 23.5 Å². The summed E-state index contributed by atoms with van der Waals surface area (Å²) in [5.74, 6) is 0.769. The van der Waals surface area contributed by atoms with E-state index in [1.165, 1.54) is 0 Å². The first-order valence-corrected chi connectivity index (χ1v) is 4.55. The molecule has 2 rings (SSSR count). The second-order valence-electron chi connectivity index (χ2n) is 3.14. The molecule has 0 amide bonds. The Hall–Kier alpha value is -1.55. The number of anilines is 1. The van der Waals surface area contributed by atoms with Gasteiger partial charge in [-0.2, -0.15) is 0 Å². The number of nitrogens with two attached hydrogens (primary N) is 1. The minimum Gasteiger partial charge on any atom is -0.488 e. The Morgan fingerprint density at radius 2 is 2.50 bits per heavy atom. The molecule has 1 atom stereocenters. The van der Waals surface area contributed by atoms with Crippen LogP contribution in [-0.4, -0.2) is 18.1 Å². The van der Waals surface area contributed by atoms with E-state index in [-0.39, 0.29) is 6.04 Å². The van der Waals surface area contributed by atoms with E-state index in [0.29, 0.717) is 6.61 Å². The molecule has 3 N–H and O–H groups in total. The number of hydrogen-bond acceptors (Lipinski definition) is 4. The van der Waals surface area contributed by atoms with Crippen LogP contribution in [0.25, 0.3) is 0 Å². The zero-order chi connectivity index (χ0) is 9.97. The molecule has 0 fully saturated rings. The normalized spacial score (nSPS) is 16.1. The summed E-state index contributed by atoms with van der Waals surface area (Å²) in [5, 5.41) is 3.25. The van der Waals surface area contributed by atoms with Gasteiger partial charge >= 0.3 is 0 Å². The zero-order valence-corrected chi connectivity index (χ0v) is 7.86. The van der Waals surface area contributed by atoms with Crippen molar-refractivity contribution in [2.75, 3.05) is 18.5 Å². The van der Waals surface area contributed by atoms with Crippen LogP contribution in [0.4, 0.5) is 5.69 Å². The topological polar surface area (TPSA) is 60.2 Å². The number of pyridine rings is 1. The number of rotatable bonds is 2. The third-order valence-electron chi connectivity index (χ3n) is 2.21. The van der Waals surface area contributed by atoms with Crippen molar-refractivity contribution in [1.82, 2.24) is 4.98 Å². The Morgan fingerprint density at radius 1 is 1.64 bits per heavy atom. The molecule has 0 aromatic carbocycles. The van der Waals surface area contributed by atoms with Gasteiger partial charge in [-0.1, -0.05) is 6.08 Å². The molecule has 0 saturated heterocycles. The van der Waals surface area contributed by atoms with Crippen LogP contribution in [0.3, 0.4) is 0 Å². The minimum absolute atomic E-state index is 0.202. The van der Waals surface area contributed by atoms with Crippen LogP contribution in [0, 0.1) is 0 Å². The van der Waals surface area contributed by atoms with E-state index < -0.39 is 0 Å². The molecule has 1 aliphatic heterocycles. The van der Waals surface area contributed by atoms with Crippen LogP contribution in [0.15, 0.2) is 25.0 Å². The highest BCUT2D eigenvalue weighted by molar-refractivity contribution is 5.63. The maximum Gasteiger partial charge on any atom is 0.161 e. The molecule has 1 aliphatic rings. The predicted octanol–water partition coefficient (Wildman–Crippen LogP) is 1.07. The second kappa shape index (κ2) is 3.67. The maximum absolute atomic E-state index is 5.86. The van der Waals surface area contributed by atoms with Crippen molar-refractivity contribution in [1.29, 1.82) is 0 Å². The standard InChI is InChI=1S/C10H13N3O/c1-2-8(11)7-5-12-6-9-10(7)13-3-4-14-9/h2,5-6,8,13H,1,3-4,11H2/t8-/m1/s1. The van der Waals surface area contributed by atoms with Crippen LogP contribution < -0.4 is 15.8 Å². The molecule has 0 unspecified atom stereocenters. The van der Waals surface area contributed by atoms with Gasteiger partial charge in [0, 0.05) is 18.3 Å². The number of hydrogen-bond donors (Lipinski definition) is 2. The lowest BCUT2D eigenvalue weighted by atomic mass is 10.1. The fraction of sp³-hybridized carbons (Fsp3) is 0.300. The van der Waals surface area contributed by atoms with Gasteiger partial charge in [0.05, 0.1) is 17.9 Å². The molecule has 0 saturated carbocycles. The fourth-order valence-corrected chi connectivity index (χ4v) is 1.47. The zero-order valence-electron chi connectivity index (χ0n) is 7.86. The molecule has 4 nitrogen and oxygen atoms in total. The van der Waals surface area contributed by atoms with Crippen molar-refractivity contribution in [3.05, 3.63) is 30.6 Å². The van der Waals surface area contributed by atoms with E-state index >= 15 is 0 Å². The first kappa shape index (κ1) is 9.02. The largest absolute Gasteiger partial charge is 0.488 e. The van der Waals surface area contributed by atoms with Crippen LogP contribution in [-0.2, 0) is 0 Å². The number of nitrogens with zero attached hydrogens (tertiary/aromatic N) is 1. The summed E-state index contributed by atoms with van der Waals surface area (Å²) in [5.41, 5.74) is 7.74. The lowest BCUT2D eigenvalue weighted by Gasteiger charge is -2.22. The van der Waals surface area contributed by atoms with Crippen molar-refractivity contribution >= 4 is 5.69 Å². The first-order chi connectivity index (χ1) is 6.83. The van der Waals surface area contributed by atoms with Crippen LogP contribution in [0.2, 0.25) is 0 Å². The van der Waals surface area contributed by atoms with Crippen molar-refractivity contribution < 1.29 is 4.74 Å². The number of nitrogens with one attached hydrogen (secondary N) is 1. The summed E-state index contributed by atoms with van der Waals surface area (Å²) in [6, 6.07) is -0.202. The molecule has 0 aliphatic carbocycles. The molecule has 14 heavy (non-hydrogen) atoms. The Bertz CT molecular complexity index is 351. The fourth-order valence-electron chi connectivity index (χ4n) is 1.47. The van der Waals surface area contributed by atoms with Gasteiger partial charge in [-0.15, -0.1) is 6.58 Å². The number of aromatic nitrogens is 1. The smallest absolute Gasteiger partial charge is 0.161 e. The van der Waals surface area contributed by atoms with Gasteiger partial charge in [0.25, 0.3) is 0 Å². The molecule has 4 heteroatoms. The number of ether oxygens (including phenoxy) is 1. The highest BCUT2D eigenvalue weighted by atomic mass is 16.5. The van der Waals surface area contributed by atoms with E-state index in [1.807, 2.05) is 0 Å². The number of fused-ring (bicyclic) bond motifs is 1.